The van der Waals surface area contributed by atoms with Gasteiger partial charge < -0.3 is 10.3 Å². The maximum Gasteiger partial charge on any atom is 0.259 e. The Bertz CT molecular complexity index is 851. The minimum Gasteiger partial charge on any atom is -0.376 e. The van der Waals surface area contributed by atoms with Gasteiger partial charge in [0.15, 0.2) is 0 Å². The summed E-state index contributed by atoms with van der Waals surface area (Å²) in [6, 6.07) is 15.8. The van der Waals surface area contributed by atoms with Crippen molar-refractivity contribution in [1.82, 2.24) is 10.4 Å². The molecule has 0 aliphatic carbocycles. The summed E-state index contributed by atoms with van der Waals surface area (Å²) in [7, 11) is 0. The number of carbonyl (C=O) groups is 1. The minimum atomic E-state index is -0.192. The third-order valence-electron chi connectivity index (χ3n) is 3.49. The molecule has 3 aromatic rings. The molecule has 0 bridgehead atoms. The van der Waals surface area contributed by atoms with E-state index in [1.54, 1.807) is 6.21 Å². The standard InChI is InChI=1S/C18H18N4O/c1-13-5-4-6-15(9-13)19-12-18(23)22-21-11-14-10-20-17-8-3-2-7-16(14)17/h2-11,19-20H,12H2,1H3,(H,22,23)/b21-11-. The lowest BCUT2D eigenvalue weighted by molar-refractivity contribution is -0.119. The summed E-state index contributed by atoms with van der Waals surface area (Å²) in [6.45, 7) is 2.19. The third kappa shape index (κ3) is 3.77. The largest absolute Gasteiger partial charge is 0.376 e. The van der Waals surface area contributed by atoms with Crippen LogP contribution in [0.2, 0.25) is 0 Å². The Morgan fingerprint density at radius 2 is 2.09 bits per heavy atom. The summed E-state index contributed by atoms with van der Waals surface area (Å²) in [5, 5.41) is 8.15. The summed E-state index contributed by atoms with van der Waals surface area (Å²) in [5.74, 6) is -0.192. The molecule has 0 aliphatic heterocycles. The second kappa shape index (κ2) is 6.79. The van der Waals surface area contributed by atoms with E-state index in [1.807, 2.05) is 61.7 Å². The van der Waals surface area contributed by atoms with Gasteiger partial charge in [0, 0.05) is 28.4 Å². The average Bonchev–Trinajstić information content (AvgIpc) is 2.97. The van der Waals surface area contributed by atoms with Gasteiger partial charge in [-0.2, -0.15) is 5.10 Å². The van der Waals surface area contributed by atoms with Crippen LogP contribution in [0.1, 0.15) is 11.1 Å². The Balaban J connectivity index is 1.54. The maximum absolute atomic E-state index is 11.8. The van der Waals surface area contributed by atoms with Gasteiger partial charge in [0.2, 0.25) is 0 Å². The first kappa shape index (κ1) is 14.8. The van der Waals surface area contributed by atoms with Gasteiger partial charge in [-0.05, 0) is 30.7 Å². The number of aromatic nitrogens is 1. The molecule has 0 atom stereocenters. The topological polar surface area (TPSA) is 69.3 Å². The lowest BCUT2D eigenvalue weighted by atomic mass is 10.2. The van der Waals surface area contributed by atoms with Gasteiger partial charge in [-0.15, -0.1) is 0 Å². The van der Waals surface area contributed by atoms with E-state index in [-0.39, 0.29) is 12.5 Å². The van der Waals surface area contributed by atoms with Crippen LogP contribution in [0.15, 0.2) is 59.8 Å². The number of carbonyl (C=O) groups excluding carboxylic acids is 1. The van der Waals surface area contributed by atoms with Crippen molar-refractivity contribution in [3.05, 3.63) is 65.9 Å². The first-order chi connectivity index (χ1) is 11.2. The van der Waals surface area contributed by atoms with E-state index >= 15 is 0 Å². The molecule has 5 nitrogen and oxygen atoms in total. The van der Waals surface area contributed by atoms with Crippen LogP contribution in [0, 0.1) is 6.92 Å². The van der Waals surface area contributed by atoms with Crippen LogP contribution in [0.25, 0.3) is 10.9 Å². The predicted molar refractivity (Wildman–Crippen MR) is 93.7 cm³/mol. The number of H-pyrrole nitrogens is 1. The van der Waals surface area contributed by atoms with Crippen molar-refractivity contribution in [2.45, 2.75) is 6.92 Å². The second-order valence-corrected chi connectivity index (χ2v) is 5.31. The highest BCUT2D eigenvalue weighted by Crippen LogP contribution is 2.15. The molecule has 3 rings (SSSR count). The van der Waals surface area contributed by atoms with Crippen LogP contribution in [-0.4, -0.2) is 23.7 Å². The van der Waals surface area contributed by atoms with E-state index in [2.05, 4.69) is 20.8 Å². The number of benzene rings is 2. The van der Waals surface area contributed by atoms with E-state index in [0.29, 0.717) is 0 Å². The number of fused-ring (bicyclic) bond motifs is 1. The number of amides is 1. The van der Waals surface area contributed by atoms with E-state index in [1.165, 1.54) is 0 Å². The van der Waals surface area contributed by atoms with Gasteiger partial charge in [-0.3, -0.25) is 4.79 Å². The molecule has 1 amide bonds. The molecule has 1 heterocycles. The Morgan fingerprint density at radius 3 is 2.96 bits per heavy atom. The van der Waals surface area contributed by atoms with E-state index in [4.69, 9.17) is 0 Å². The van der Waals surface area contributed by atoms with Crippen LogP contribution < -0.4 is 10.7 Å². The predicted octanol–water partition coefficient (Wildman–Crippen LogP) is 3.04. The highest BCUT2D eigenvalue weighted by atomic mass is 16.2. The monoisotopic (exact) mass is 306 g/mol. The molecule has 0 spiro atoms. The van der Waals surface area contributed by atoms with Crippen LogP contribution >= 0.6 is 0 Å². The van der Waals surface area contributed by atoms with Crippen LogP contribution in [0.5, 0.6) is 0 Å². The smallest absolute Gasteiger partial charge is 0.259 e. The highest BCUT2D eigenvalue weighted by Gasteiger charge is 2.01. The second-order valence-electron chi connectivity index (χ2n) is 5.31. The molecule has 5 heteroatoms. The molecule has 0 aliphatic rings. The van der Waals surface area contributed by atoms with Crippen LogP contribution in [0.3, 0.4) is 0 Å². The van der Waals surface area contributed by atoms with Crippen molar-refractivity contribution < 1.29 is 4.79 Å². The Hall–Kier alpha value is -3.08. The quantitative estimate of drug-likeness (QED) is 0.501. The minimum absolute atomic E-state index is 0.175. The summed E-state index contributed by atoms with van der Waals surface area (Å²) in [6.07, 6.45) is 3.51. The Morgan fingerprint density at radius 1 is 1.22 bits per heavy atom. The van der Waals surface area contributed by atoms with Crippen molar-refractivity contribution in [3.8, 4) is 0 Å². The third-order valence-corrected chi connectivity index (χ3v) is 3.49. The number of rotatable bonds is 5. The maximum atomic E-state index is 11.8. The summed E-state index contributed by atoms with van der Waals surface area (Å²) < 4.78 is 0. The molecular weight excluding hydrogens is 288 g/mol. The van der Waals surface area contributed by atoms with Gasteiger partial charge in [-0.25, -0.2) is 5.43 Å². The number of hydrogen-bond acceptors (Lipinski definition) is 3. The van der Waals surface area contributed by atoms with Gasteiger partial charge in [0.25, 0.3) is 5.91 Å². The number of nitrogens with zero attached hydrogens (tertiary/aromatic N) is 1. The van der Waals surface area contributed by atoms with Crippen LogP contribution in [-0.2, 0) is 4.79 Å². The van der Waals surface area contributed by atoms with Crippen molar-refractivity contribution in [2.24, 2.45) is 5.10 Å². The van der Waals surface area contributed by atoms with Crippen molar-refractivity contribution >= 4 is 28.7 Å². The number of nitrogens with one attached hydrogen (secondary N) is 3. The molecule has 116 valence electrons. The Labute approximate surface area is 134 Å². The molecule has 0 saturated carbocycles. The van der Waals surface area contributed by atoms with Crippen LogP contribution in [0.4, 0.5) is 5.69 Å². The molecule has 23 heavy (non-hydrogen) atoms. The zero-order valence-corrected chi connectivity index (χ0v) is 12.8. The van der Waals surface area contributed by atoms with Gasteiger partial charge >= 0.3 is 0 Å². The summed E-state index contributed by atoms with van der Waals surface area (Å²) >= 11 is 0. The fraction of sp³-hybridized carbons (Fsp3) is 0.111. The number of aryl methyl sites for hydroxylation is 1. The average molecular weight is 306 g/mol. The number of aromatic amines is 1. The number of hydrogen-bond donors (Lipinski definition) is 3. The molecule has 0 unspecified atom stereocenters. The summed E-state index contributed by atoms with van der Waals surface area (Å²) in [4.78, 5) is 15.0. The molecule has 3 N–H and O–H groups in total. The van der Waals surface area contributed by atoms with Crippen molar-refractivity contribution in [2.75, 3.05) is 11.9 Å². The Kier molecular flexibility index (Phi) is 4.38. The van der Waals surface area contributed by atoms with Crippen molar-refractivity contribution in [1.29, 1.82) is 0 Å². The lowest BCUT2D eigenvalue weighted by Gasteiger charge is -2.05. The zero-order valence-electron chi connectivity index (χ0n) is 12.8. The van der Waals surface area contributed by atoms with Crippen molar-refractivity contribution in [3.63, 3.8) is 0 Å². The highest BCUT2D eigenvalue weighted by molar-refractivity contribution is 5.99. The van der Waals surface area contributed by atoms with E-state index in [9.17, 15) is 4.79 Å². The number of hydrazone groups is 1. The molecule has 0 radical (unpaired) electrons. The normalized spacial score (nSPS) is 11.0. The molecular formula is C18H18N4O. The molecule has 0 saturated heterocycles. The SMILES string of the molecule is Cc1cccc(NCC(=O)N/N=C\c2c[nH]c3ccccc23)c1. The fourth-order valence-electron chi connectivity index (χ4n) is 2.35. The number of para-hydroxylation sites is 1. The first-order valence-electron chi connectivity index (χ1n) is 7.41. The summed E-state index contributed by atoms with van der Waals surface area (Å²) in [5.41, 5.74) is 6.57. The fourth-order valence-corrected chi connectivity index (χ4v) is 2.35. The van der Waals surface area contributed by atoms with E-state index < -0.39 is 0 Å². The van der Waals surface area contributed by atoms with Gasteiger partial charge in [0.05, 0.1) is 12.8 Å². The van der Waals surface area contributed by atoms with Gasteiger partial charge in [0.1, 0.15) is 0 Å². The zero-order chi connectivity index (χ0) is 16.1. The lowest BCUT2D eigenvalue weighted by Crippen LogP contribution is -2.25. The molecule has 2 aromatic carbocycles. The van der Waals surface area contributed by atoms with Gasteiger partial charge in [-0.1, -0.05) is 30.3 Å². The molecule has 0 fully saturated rings. The number of anilines is 1. The molecule has 1 aromatic heterocycles. The first-order valence-corrected chi connectivity index (χ1v) is 7.41. The van der Waals surface area contributed by atoms with E-state index in [0.717, 1.165) is 27.7 Å².